The first-order valence-electron chi connectivity index (χ1n) is 12.0. The highest BCUT2D eigenvalue weighted by atomic mass is 35.5. The summed E-state index contributed by atoms with van der Waals surface area (Å²) in [5.41, 5.74) is 2.56. The molecule has 3 aromatic carbocycles. The van der Waals surface area contributed by atoms with Crippen molar-refractivity contribution >= 4 is 23.3 Å². The van der Waals surface area contributed by atoms with E-state index in [2.05, 4.69) is 29.6 Å². The van der Waals surface area contributed by atoms with Gasteiger partial charge < -0.3 is 15.2 Å². The minimum Gasteiger partial charge on any atom is -0.494 e. The maximum absolute atomic E-state index is 12.5. The second-order valence-electron chi connectivity index (χ2n) is 9.69. The number of rotatable bonds is 7. The normalized spacial score (nSPS) is 25.6. The molecule has 2 N–H and O–H groups in total. The minimum atomic E-state index is -0.988. The zero-order valence-electron chi connectivity index (χ0n) is 19.2. The number of hydrogen-bond donors (Lipinski definition) is 2. The molecule has 0 heterocycles. The molecule has 3 aromatic rings. The van der Waals surface area contributed by atoms with E-state index in [-0.39, 0.29) is 5.41 Å². The van der Waals surface area contributed by atoms with E-state index >= 15 is 0 Å². The lowest BCUT2D eigenvalue weighted by Crippen LogP contribution is -2.53. The molecule has 1 saturated carbocycles. The summed E-state index contributed by atoms with van der Waals surface area (Å²) in [7, 11) is 0. The number of fused-ring (bicyclic) bond motifs is 2. The molecular weight excluding hydrogens is 446 g/mol. The van der Waals surface area contributed by atoms with Crippen LogP contribution in [0.25, 0.3) is 0 Å². The molecule has 0 bridgehead atoms. The first-order valence-corrected chi connectivity index (χ1v) is 12.4. The Balaban J connectivity index is 1.36. The highest BCUT2D eigenvalue weighted by Gasteiger charge is 2.53. The zero-order chi connectivity index (χ0) is 23.6. The van der Waals surface area contributed by atoms with Gasteiger partial charge in [-0.2, -0.15) is 0 Å². The van der Waals surface area contributed by atoms with Crippen molar-refractivity contribution in [2.45, 2.75) is 49.5 Å². The summed E-state index contributed by atoms with van der Waals surface area (Å²) in [4.78, 5) is 12.5. The Morgan fingerprint density at radius 1 is 0.971 bits per heavy atom. The summed E-state index contributed by atoms with van der Waals surface area (Å²) < 4.78 is 6.05. The molecule has 4 nitrogen and oxygen atoms in total. The Hall–Kier alpha value is -2.98. The number of carbonyl (C=O) groups is 1. The second-order valence-corrected chi connectivity index (χ2v) is 10.1. The van der Waals surface area contributed by atoms with Crippen molar-refractivity contribution < 1.29 is 14.6 Å². The number of carboxylic acid groups (broad SMARTS) is 1. The standard InChI is InChI=1S/C29H30ClNO3/c30-23-8-6-9-24(20-23)31-29(27(32)33)16-14-28(15-17-29)22(19-21-7-4-5-12-26(21)28)13-18-34-25-10-2-1-3-11-25/h1-12,20,22,31H,13-19H2,(H,32,33). The van der Waals surface area contributed by atoms with E-state index in [4.69, 9.17) is 16.3 Å². The maximum Gasteiger partial charge on any atom is 0.329 e. The van der Waals surface area contributed by atoms with Crippen LogP contribution >= 0.6 is 11.6 Å². The van der Waals surface area contributed by atoms with Gasteiger partial charge >= 0.3 is 5.97 Å². The minimum absolute atomic E-state index is 0.00833. The van der Waals surface area contributed by atoms with Crippen molar-refractivity contribution in [2.24, 2.45) is 5.92 Å². The summed E-state index contributed by atoms with van der Waals surface area (Å²) in [6, 6.07) is 26.0. The van der Waals surface area contributed by atoms with Crippen LogP contribution in [0.1, 0.15) is 43.2 Å². The van der Waals surface area contributed by atoms with Crippen LogP contribution in [0.2, 0.25) is 5.02 Å². The lowest BCUT2D eigenvalue weighted by atomic mass is 9.60. The fourth-order valence-corrected chi connectivity index (χ4v) is 6.30. The molecule has 5 heteroatoms. The molecule has 1 spiro atoms. The fraction of sp³-hybridized carbons (Fsp3) is 0.345. The first kappa shape index (κ1) is 22.8. The zero-order valence-corrected chi connectivity index (χ0v) is 19.9. The molecule has 2 aliphatic rings. The average Bonchev–Trinajstić information content (AvgIpc) is 3.14. The van der Waals surface area contributed by atoms with E-state index in [1.54, 1.807) is 12.1 Å². The summed E-state index contributed by atoms with van der Waals surface area (Å²) in [5.74, 6) is 0.537. The lowest BCUT2D eigenvalue weighted by Gasteiger charge is -2.47. The predicted molar refractivity (Wildman–Crippen MR) is 136 cm³/mol. The second kappa shape index (κ2) is 9.34. The fourth-order valence-electron chi connectivity index (χ4n) is 6.11. The molecular formula is C29H30ClNO3. The number of anilines is 1. The Morgan fingerprint density at radius 2 is 1.71 bits per heavy atom. The quantitative estimate of drug-likeness (QED) is 0.397. The van der Waals surface area contributed by atoms with Gasteiger partial charge in [0.25, 0.3) is 0 Å². The SMILES string of the molecule is O=C(O)C1(Nc2cccc(Cl)c2)CCC2(CC1)c1ccccc1CC2CCOc1ccccc1. The van der Waals surface area contributed by atoms with Crippen LogP contribution in [0.3, 0.4) is 0 Å². The molecule has 34 heavy (non-hydrogen) atoms. The first-order chi connectivity index (χ1) is 16.5. The van der Waals surface area contributed by atoms with Crippen LogP contribution in [0.15, 0.2) is 78.9 Å². The molecule has 1 atom stereocenters. The molecule has 5 rings (SSSR count). The number of carboxylic acids is 1. The number of aliphatic carboxylic acids is 1. The molecule has 1 unspecified atom stereocenters. The van der Waals surface area contributed by atoms with Gasteiger partial charge in [0.1, 0.15) is 11.3 Å². The molecule has 0 aliphatic heterocycles. The number of para-hydroxylation sites is 1. The molecule has 2 aliphatic carbocycles. The van der Waals surface area contributed by atoms with E-state index in [0.29, 0.717) is 30.4 Å². The Kier molecular flexibility index (Phi) is 6.26. The van der Waals surface area contributed by atoms with Crippen LogP contribution in [-0.2, 0) is 16.6 Å². The van der Waals surface area contributed by atoms with Gasteiger partial charge in [-0.25, -0.2) is 4.79 Å². The van der Waals surface area contributed by atoms with Gasteiger partial charge in [-0.15, -0.1) is 0 Å². The number of benzene rings is 3. The molecule has 0 radical (unpaired) electrons. The van der Waals surface area contributed by atoms with Gasteiger partial charge in [0.05, 0.1) is 6.61 Å². The van der Waals surface area contributed by atoms with Gasteiger partial charge in [0.15, 0.2) is 0 Å². The van der Waals surface area contributed by atoms with Crippen LogP contribution in [0.5, 0.6) is 5.75 Å². The largest absolute Gasteiger partial charge is 0.494 e. The van der Waals surface area contributed by atoms with Crippen molar-refractivity contribution in [3.05, 3.63) is 95.0 Å². The highest BCUT2D eigenvalue weighted by Crippen LogP contribution is 2.55. The predicted octanol–water partition coefficient (Wildman–Crippen LogP) is 6.73. The number of ether oxygens (including phenoxy) is 1. The third kappa shape index (κ3) is 4.27. The molecule has 0 saturated heterocycles. The van der Waals surface area contributed by atoms with Gasteiger partial charge in [0, 0.05) is 10.7 Å². The van der Waals surface area contributed by atoms with Crippen molar-refractivity contribution in [1.82, 2.24) is 0 Å². The molecule has 0 aromatic heterocycles. The summed E-state index contributed by atoms with van der Waals surface area (Å²) in [6.07, 6.45) is 4.78. The van der Waals surface area contributed by atoms with Crippen molar-refractivity contribution in [2.75, 3.05) is 11.9 Å². The Labute approximate surface area is 205 Å². The number of halogens is 1. The third-order valence-electron chi connectivity index (χ3n) is 7.89. The smallest absolute Gasteiger partial charge is 0.329 e. The summed E-state index contributed by atoms with van der Waals surface area (Å²) in [6.45, 7) is 0.662. The average molecular weight is 476 g/mol. The summed E-state index contributed by atoms with van der Waals surface area (Å²) in [5, 5.41) is 14.2. The van der Waals surface area contributed by atoms with Gasteiger partial charge in [-0.1, -0.05) is 60.1 Å². The van der Waals surface area contributed by atoms with Crippen molar-refractivity contribution in [3.8, 4) is 5.75 Å². The third-order valence-corrected chi connectivity index (χ3v) is 8.13. The Morgan fingerprint density at radius 3 is 2.44 bits per heavy atom. The van der Waals surface area contributed by atoms with Gasteiger partial charge in [-0.05, 0) is 91.3 Å². The van der Waals surface area contributed by atoms with E-state index in [1.165, 1.54) is 11.1 Å². The highest BCUT2D eigenvalue weighted by molar-refractivity contribution is 6.30. The topological polar surface area (TPSA) is 58.6 Å². The van der Waals surface area contributed by atoms with Gasteiger partial charge in [-0.3, -0.25) is 0 Å². The van der Waals surface area contributed by atoms with E-state index < -0.39 is 11.5 Å². The van der Waals surface area contributed by atoms with Gasteiger partial charge in [0.2, 0.25) is 0 Å². The lowest BCUT2D eigenvalue weighted by molar-refractivity contribution is -0.144. The van der Waals surface area contributed by atoms with Crippen LogP contribution in [0, 0.1) is 5.92 Å². The summed E-state index contributed by atoms with van der Waals surface area (Å²) >= 11 is 6.15. The van der Waals surface area contributed by atoms with Crippen LogP contribution < -0.4 is 10.1 Å². The molecule has 0 amide bonds. The molecule has 1 fully saturated rings. The number of hydrogen-bond acceptors (Lipinski definition) is 3. The number of nitrogens with one attached hydrogen (secondary N) is 1. The molecule has 176 valence electrons. The maximum atomic E-state index is 12.5. The monoisotopic (exact) mass is 475 g/mol. The van der Waals surface area contributed by atoms with Crippen molar-refractivity contribution in [3.63, 3.8) is 0 Å². The van der Waals surface area contributed by atoms with E-state index in [9.17, 15) is 9.90 Å². The van der Waals surface area contributed by atoms with E-state index in [1.807, 2.05) is 42.5 Å². The Bertz CT molecular complexity index is 1150. The van der Waals surface area contributed by atoms with Crippen molar-refractivity contribution in [1.29, 1.82) is 0 Å². The van der Waals surface area contributed by atoms with Crippen LogP contribution in [0.4, 0.5) is 5.69 Å². The van der Waals surface area contributed by atoms with E-state index in [0.717, 1.165) is 37.1 Å². The van der Waals surface area contributed by atoms with Crippen LogP contribution in [-0.4, -0.2) is 23.2 Å².